The van der Waals surface area contributed by atoms with Gasteiger partial charge in [0.25, 0.3) is 0 Å². The predicted molar refractivity (Wildman–Crippen MR) is 41.8 cm³/mol. The van der Waals surface area contributed by atoms with Gasteiger partial charge in [-0.05, 0) is 13.8 Å². The van der Waals surface area contributed by atoms with Crippen LogP contribution in [0, 0.1) is 0 Å². The van der Waals surface area contributed by atoms with Crippen LogP contribution in [0.4, 0.5) is 0 Å². The van der Waals surface area contributed by atoms with Crippen molar-refractivity contribution in [2.24, 2.45) is 0 Å². The maximum Gasteiger partial charge on any atom is 0.214 e. The van der Waals surface area contributed by atoms with Gasteiger partial charge in [-0.15, -0.1) is 0 Å². The number of nitrogens with one attached hydrogen (secondary N) is 1. The zero-order valence-corrected chi connectivity index (χ0v) is 7.52. The van der Waals surface area contributed by atoms with E-state index in [1.54, 1.807) is 13.8 Å². The van der Waals surface area contributed by atoms with E-state index in [9.17, 15) is 8.42 Å². The van der Waals surface area contributed by atoms with Crippen LogP contribution in [0.15, 0.2) is 0 Å². The number of hydrogen-bond acceptors (Lipinski definition) is 3. The summed E-state index contributed by atoms with van der Waals surface area (Å²) >= 11 is 0. The van der Waals surface area contributed by atoms with Gasteiger partial charge < -0.3 is 4.74 Å². The maximum atomic E-state index is 11.2. The van der Waals surface area contributed by atoms with E-state index in [4.69, 9.17) is 4.74 Å². The zero-order valence-electron chi connectivity index (χ0n) is 6.70. The lowest BCUT2D eigenvalue weighted by Crippen LogP contribution is -2.50. The highest BCUT2D eigenvalue weighted by atomic mass is 32.2. The molecule has 0 aromatic rings. The van der Waals surface area contributed by atoms with Crippen molar-refractivity contribution in [3.63, 3.8) is 0 Å². The van der Waals surface area contributed by atoms with Gasteiger partial charge in [0.15, 0.2) is 0 Å². The van der Waals surface area contributed by atoms with E-state index in [2.05, 4.69) is 4.72 Å². The molecule has 0 amide bonds. The summed E-state index contributed by atoms with van der Waals surface area (Å²) in [6.45, 7) is 4.32. The Morgan fingerprint density at radius 3 is 2.27 bits per heavy atom. The van der Waals surface area contributed by atoms with Crippen molar-refractivity contribution in [1.29, 1.82) is 0 Å². The quantitative estimate of drug-likeness (QED) is 0.648. The molecule has 1 rings (SSSR count). The molecule has 0 saturated carbocycles. The molecule has 11 heavy (non-hydrogen) atoms. The zero-order chi connectivity index (χ0) is 8.48. The number of hydrogen-bond donors (Lipinski definition) is 1. The van der Waals surface area contributed by atoms with Crippen LogP contribution in [0.25, 0.3) is 0 Å². The molecule has 1 fully saturated rings. The average molecular weight is 179 g/mol. The Morgan fingerprint density at radius 2 is 2.00 bits per heavy atom. The molecule has 66 valence electrons. The molecule has 0 spiro atoms. The topological polar surface area (TPSA) is 55.4 Å². The first-order valence-electron chi connectivity index (χ1n) is 3.61. The molecule has 1 saturated heterocycles. The van der Waals surface area contributed by atoms with Gasteiger partial charge in [0.05, 0.1) is 24.5 Å². The van der Waals surface area contributed by atoms with E-state index in [-0.39, 0.29) is 11.3 Å². The third-order valence-corrected chi connectivity index (χ3v) is 3.49. The van der Waals surface area contributed by atoms with Crippen LogP contribution in [0.3, 0.4) is 0 Å². The molecular weight excluding hydrogens is 166 g/mol. The van der Waals surface area contributed by atoms with Crippen molar-refractivity contribution in [3.05, 3.63) is 0 Å². The predicted octanol–water partition coefficient (Wildman–Crippen LogP) is -0.287. The SMILES string of the molecule is CC(C)S(=O)(=O)NC1COC1. The minimum atomic E-state index is -3.09. The largest absolute Gasteiger partial charge is 0.378 e. The Hall–Kier alpha value is -0.130. The monoisotopic (exact) mass is 179 g/mol. The fraction of sp³-hybridized carbons (Fsp3) is 1.00. The van der Waals surface area contributed by atoms with Crippen LogP contribution in [-0.4, -0.2) is 32.9 Å². The third-order valence-electron chi connectivity index (χ3n) is 1.59. The number of sulfonamides is 1. The van der Waals surface area contributed by atoms with Gasteiger partial charge in [0.2, 0.25) is 10.0 Å². The summed E-state index contributed by atoms with van der Waals surface area (Å²) in [5.74, 6) is 0. The van der Waals surface area contributed by atoms with Crippen LogP contribution in [0.1, 0.15) is 13.8 Å². The molecule has 0 aromatic heterocycles. The van der Waals surface area contributed by atoms with Crippen molar-refractivity contribution in [2.45, 2.75) is 25.1 Å². The van der Waals surface area contributed by atoms with E-state index in [0.717, 1.165) is 0 Å². The summed E-state index contributed by atoms with van der Waals surface area (Å²) < 4.78 is 29.7. The lowest BCUT2D eigenvalue weighted by atomic mass is 10.3. The Labute approximate surface area is 67.0 Å². The first-order valence-corrected chi connectivity index (χ1v) is 5.16. The molecular formula is C6H13NO3S. The number of ether oxygens (including phenoxy) is 1. The van der Waals surface area contributed by atoms with E-state index in [0.29, 0.717) is 13.2 Å². The minimum absolute atomic E-state index is 0.00222. The molecule has 0 aromatic carbocycles. The summed E-state index contributed by atoms with van der Waals surface area (Å²) in [5, 5.41) is -0.358. The van der Waals surface area contributed by atoms with Gasteiger partial charge in [-0.3, -0.25) is 0 Å². The summed E-state index contributed by atoms with van der Waals surface area (Å²) in [6, 6.07) is 0.00222. The molecule has 0 bridgehead atoms. The Morgan fingerprint density at radius 1 is 1.45 bits per heavy atom. The highest BCUT2D eigenvalue weighted by Crippen LogP contribution is 2.04. The molecule has 4 nitrogen and oxygen atoms in total. The molecule has 0 aliphatic carbocycles. The first-order chi connectivity index (χ1) is 5.02. The van der Waals surface area contributed by atoms with Gasteiger partial charge >= 0.3 is 0 Å². The normalized spacial score (nSPS) is 20.3. The lowest BCUT2D eigenvalue weighted by molar-refractivity contribution is 0.00475. The molecule has 0 atom stereocenters. The van der Waals surface area contributed by atoms with Crippen molar-refractivity contribution < 1.29 is 13.2 Å². The molecule has 1 heterocycles. The molecule has 0 unspecified atom stereocenters. The van der Waals surface area contributed by atoms with Gasteiger partial charge in [0, 0.05) is 0 Å². The minimum Gasteiger partial charge on any atom is -0.378 e. The van der Waals surface area contributed by atoms with Gasteiger partial charge in [-0.1, -0.05) is 0 Å². The number of rotatable bonds is 3. The van der Waals surface area contributed by atoms with Crippen LogP contribution in [-0.2, 0) is 14.8 Å². The summed E-state index contributed by atoms with van der Waals surface area (Å²) in [5.41, 5.74) is 0. The molecule has 1 aliphatic heterocycles. The average Bonchev–Trinajstić information content (AvgIpc) is 1.79. The second-order valence-electron chi connectivity index (χ2n) is 2.95. The van der Waals surface area contributed by atoms with Crippen molar-refractivity contribution in [2.75, 3.05) is 13.2 Å². The van der Waals surface area contributed by atoms with Gasteiger partial charge in [-0.2, -0.15) is 0 Å². The fourth-order valence-corrected chi connectivity index (χ4v) is 1.54. The summed E-state index contributed by atoms with van der Waals surface area (Å²) in [6.07, 6.45) is 0. The summed E-state index contributed by atoms with van der Waals surface area (Å²) in [4.78, 5) is 0. The Bertz CT molecular complexity index is 218. The van der Waals surface area contributed by atoms with Crippen LogP contribution >= 0.6 is 0 Å². The third kappa shape index (κ3) is 2.15. The second-order valence-corrected chi connectivity index (χ2v) is 5.21. The van der Waals surface area contributed by atoms with E-state index in [1.165, 1.54) is 0 Å². The standard InChI is InChI=1S/C6H13NO3S/c1-5(2)11(8,9)7-6-3-10-4-6/h5-7H,3-4H2,1-2H3. The van der Waals surface area contributed by atoms with E-state index in [1.807, 2.05) is 0 Å². The molecule has 0 radical (unpaired) electrons. The van der Waals surface area contributed by atoms with Crippen LogP contribution < -0.4 is 4.72 Å². The Kier molecular flexibility index (Phi) is 2.51. The van der Waals surface area contributed by atoms with E-state index >= 15 is 0 Å². The van der Waals surface area contributed by atoms with Crippen molar-refractivity contribution in [3.8, 4) is 0 Å². The fourth-order valence-electron chi connectivity index (χ4n) is 0.672. The molecule has 1 N–H and O–H groups in total. The van der Waals surface area contributed by atoms with Crippen LogP contribution in [0.2, 0.25) is 0 Å². The maximum absolute atomic E-state index is 11.2. The first kappa shape index (κ1) is 8.96. The molecule has 1 aliphatic rings. The van der Waals surface area contributed by atoms with Crippen molar-refractivity contribution in [1.82, 2.24) is 4.72 Å². The Balaban J connectivity index is 2.46. The van der Waals surface area contributed by atoms with Gasteiger partial charge in [-0.25, -0.2) is 13.1 Å². The highest BCUT2D eigenvalue weighted by molar-refractivity contribution is 7.90. The van der Waals surface area contributed by atoms with Crippen LogP contribution in [0.5, 0.6) is 0 Å². The van der Waals surface area contributed by atoms with Gasteiger partial charge in [0.1, 0.15) is 0 Å². The molecule has 5 heteroatoms. The second kappa shape index (κ2) is 3.08. The van der Waals surface area contributed by atoms with Crippen molar-refractivity contribution >= 4 is 10.0 Å². The summed E-state index contributed by atoms with van der Waals surface area (Å²) in [7, 11) is -3.09. The lowest BCUT2D eigenvalue weighted by Gasteiger charge is -2.27. The van der Waals surface area contributed by atoms with E-state index < -0.39 is 10.0 Å². The highest BCUT2D eigenvalue weighted by Gasteiger charge is 2.25. The smallest absolute Gasteiger partial charge is 0.214 e.